The van der Waals surface area contributed by atoms with Gasteiger partial charge in [-0.15, -0.1) is 11.3 Å². The lowest BCUT2D eigenvalue weighted by molar-refractivity contribution is -0.119. The zero-order valence-corrected chi connectivity index (χ0v) is 19.7. The zero-order valence-electron chi connectivity index (χ0n) is 18.9. The smallest absolute Gasteiger partial charge is 0.283 e. The van der Waals surface area contributed by atoms with Crippen molar-refractivity contribution in [2.24, 2.45) is 10.8 Å². The highest BCUT2D eigenvalue weighted by atomic mass is 32.1. The number of hydrazone groups is 1. The van der Waals surface area contributed by atoms with Crippen LogP contribution in [0.5, 0.6) is 11.5 Å². The topological polar surface area (TPSA) is 121 Å². The van der Waals surface area contributed by atoms with E-state index >= 15 is 0 Å². The molecular weight excluding hydrogens is 454 g/mol. The summed E-state index contributed by atoms with van der Waals surface area (Å²) in [5, 5.41) is 5.05. The molecule has 0 spiro atoms. The second kappa shape index (κ2) is 9.75. The number of carbonyl (C=O) groups is 2. The Morgan fingerprint density at radius 3 is 2.68 bits per heavy atom. The van der Waals surface area contributed by atoms with Crippen LogP contribution in [0.25, 0.3) is 15.9 Å². The Morgan fingerprint density at radius 2 is 1.97 bits per heavy atom. The van der Waals surface area contributed by atoms with E-state index in [0.29, 0.717) is 21.9 Å². The number of aromatic nitrogens is 2. The van der Waals surface area contributed by atoms with Crippen molar-refractivity contribution in [1.82, 2.24) is 15.0 Å². The van der Waals surface area contributed by atoms with E-state index in [-0.39, 0.29) is 12.5 Å². The fourth-order valence-electron chi connectivity index (χ4n) is 3.56. The Morgan fingerprint density at radius 1 is 1.21 bits per heavy atom. The quantitative estimate of drug-likeness (QED) is 0.298. The Labute approximate surface area is 199 Å². The predicted octanol–water partition coefficient (Wildman–Crippen LogP) is 3.34. The summed E-state index contributed by atoms with van der Waals surface area (Å²) in [7, 11) is 1.48. The number of primary amides is 1. The number of hydrogen-bond donors (Lipinski definition) is 2. The van der Waals surface area contributed by atoms with Crippen LogP contribution in [0.4, 0.5) is 0 Å². The number of ether oxygens (including phenoxy) is 2. The number of nitrogens with two attached hydrogens (primary N) is 1. The molecule has 4 aromatic rings. The predicted molar refractivity (Wildman–Crippen MR) is 131 cm³/mol. The highest BCUT2D eigenvalue weighted by Crippen LogP contribution is 2.35. The van der Waals surface area contributed by atoms with Crippen molar-refractivity contribution in [2.75, 3.05) is 13.7 Å². The summed E-state index contributed by atoms with van der Waals surface area (Å²) in [5.74, 6) is -0.139. The van der Waals surface area contributed by atoms with Gasteiger partial charge in [-0.05, 0) is 61.4 Å². The van der Waals surface area contributed by atoms with Crippen LogP contribution in [-0.2, 0) is 4.79 Å². The van der Waals surface area contributed by atoms with Crippen molar-refractivity contribution in [1.29, 1.82) is 0 Å². The molecule has 9 nitrogen and oxygen atoms in total. The van der Waals surface area contributed by atoms with Gasteiger partial charge in [0.05, 0.1) is 19.0 Å². The number of hydrogen-bond acceptors (Lipinski definition) is 7. The number of aryl methyl sites for hydroxylation is 2. The first-order chi connectivity index (χ1) is 16.4. The highest BCUT2D eigenvalue weighted by molar-refractivity contribution is 7.21. The van der Waals surface area contributed by atoms with E-state index in [1.165, 1.54) is 24.7 Å². The van der Waals surface area contributed by atoms with E-state index < -0.39 is 5.91 Å². The van der Waals surface area contributed by atoms with Crippen LogP contribution in [0.15, 0.2) is 53.9 Å². The summed E-state index contributed by atoms with van der Waals surface area (Å²) in [5.41, 5.74) is 11.1. The molecule has 0 aliphatic heterocycles. The zero-order chi connectivity index (χ0) is 24.2. The first-order valence-electron chi connectivity index (χ1n) is 10.3. The van der Waals surface area contributed by atoms with Crippen LogP contribution in [0.2, 0.25) is 0 Å². The van der Waals surface area contributed by atoms with Gasteiger partial charge in [0.1, 0.15) is 9.71 Å². The van der Waals surface area contributed by atoms with Crippen molar-refractivity contribution in [3.05, 3.63) is 70.5 Å². The molecule has 3 aromatic heterocycles. The van der Waals surface area contributed by atoms with Crippen LogP contribution in [0.3, 0.4) is 0 Å². The lowest BCUT2D eigenvalue weighted by atomic mass is 10.1. The molecule has 0 fully saturated rings. The van der Waals surface area contributed by atoms with E-state index in [4.69, 9.17) is 15.2 Å². The van der Waals surface area contributed by atoms with Crippen LogP contribution in [0, 0.1) is 13.8 Å². The maximum Gasteiger partial charge on any atom is 0.283 e. The van der Waals surface area contributed by atoms with Crippen molar-refractivity contribution in [3.8, 4) is 17.2 Å². The molecule has 3 N–H and O–H groups in total. The Balaban J connectivity index is 1.59. The van der Waals surface area contributed by atoms with Gasteiger partial charge < -0.3 is 19.8 Å². The first-order valence-corrected chi connectivity index (χ1v) is 11.2. The van der Waals surface area contributed by atoms with Crippen LogP contribution in [0.1, 0.15) is 26.5 Å². The molecule has 0 aliphatic rings. The lowest BCUT2D eigenvalue weighted by Gasteiger charge is -2.09. The SMILES string of the molecule is COc1cc(C=NNC(=O)c2sc3nc(C)cc(C)c3c2-n2cccc2)ccc1OCC(N)=O. The molecule has 34 heavy (non-hydrogen) atoms. The van der Waals surface area contributed by atoms with E-state index in [2.05, 4.69) is 15.5 Å². The minimum atomic E-state index is -0.587. The maximum atomic E-state index is 13.1. The van der Waals surface area contributed by atoms with Gasteiger partial charge in [-0.25, -0.2) is 10.4 Å². The number of nitrogens with one attached hydrogen (secondary N) is 1. The second-order valence-electron chi connectivity index (χ2n) is 7.50. The van der Waals surface area contributed by atoms with E-state index in [1.807, 2.05) is 49.0 Å². The van der Waals surface area contributed by atoms with E-state index in [9.17, 15) is 9.59 Å². The molecule has 10 heteroatoms. The molecule has 0 aliphatic carbocycles. The van der Waals surface area contributed by atoms with Crippen LogP contribution < -0.4 is 20.6 Å². The number of amides is 2. The minimum absolute atomic E-state index is 0.257. The summed E-state index contributed by atoms with van der Waals surface area (Å²) in [4.78, 5) is 30.0. The van der Waals surface area contributed by atoms with Gasteiger partial charge in [-0.3, -0.25) is 9.59 Å². The number of methoxy groups -OCH3 is 1. The molecule has 1 aromatic carbocycles. The molecule has 3 heterocycles. The normalized spacial score (nSPS) is 11.1. The number of carbonyl (C=O) groups excluding carboxylic acids is 2. The summed E-state index contributed by atoms with van der Waals surface area (Å²) in [6, 6.07) is 10.8. The third-order valence-electron chi connectivity index (χ3n) is 4.97. The van der Waals surface area contributed by atoms with Gasteiger partial charge in [0, 0.05) is 23.5 Å². The van der Waals surface area contributed by atoms with E-state index in [0.717, 1.165) is 27.2 Å². The number of fused-ring (bicyclic) bond motifs is 1. The number of rotatable bonds is 8. The Hall–Kier alpha value is -4.18. The van der Waals surface area contributed by atoms with Crippen molar-refractivity contribution in [2.45, 2.75) is 13.8 Å². The number of pyridine rings is 1. The fourth-order valence-corrected chi connectivity index (χ4v) is 4.74. The number of thiophene rings is 1. The monoisotopic (exact) mass is 477 g/mol. The highest BCUT2D eigenvalue weighted by Gasteiger charge is 2.22. The Bertz CT molecular complexity index is 1390. The fraction of sp³-hybridized carbons (Fsp3) is 0.167. The van der Waals surface area contributed by atoms with Crippen molar-refractivity contribution < 1.29 is 19.1 Å². The molecule has 0 saturated carbocycles. The second-order valence-corrected chi connectivity index (χ2v) is 8.49. The molecule has 0 bridgehead atoms. The standard InChI is InChI=1S/C24H23N5O4S/c1-14-10-15(2)27-24-20(14)21(29-8-4-5-9-29)22(34-24)23(31)28-26-12-16-6-7-17(18(11-16)32-3)33-13-19(25)30/h4-12H,13H2,1-3H3,(H2,25,30)(H,28,31). The molecule has 0 atom stereocenters. The maximum absolute atomic E-state index is 13.1. The average Bonchev–Trinajstić information content (AvgIpc) is 3.45. The summed E-state index contributed by atoms with van der Waals surface area (Å²) < 4.78 is 12.5. The summed E-state index contributed by atoms with van der Waals surface area (Å²) in [6.07, 6.45) is 5.29. The molecule has 174 valence electrons. The third kappa shape index (κ3) is 4.76. The molecule has 4 rings (SSSR count). The molecule has 0 saturated heterocycles. The van der Waals surface area contributed by atoms with Gasteiger partial charge in [-0.2, -0.15) is 5.10 Å². The largest absolute Gasteiger partial charge is 0.493 e. The van der Waals surface area contributed by atoms with Gasteiger partial charge in [0.2, 0.25) is 0 Å². The van der Waals surface area contributed by atoms with Crippen LogP contribution in [-0.4, -0.2) is 41.3 Å². The van der Waals surface area contributed by atoms with Gasteiger partial charge >= 0.3 is 0 Å². The molecule has 2 amide bonds. The Kier molecular flexibility index (Phi) is 6.60. The first kappa shape index (κ1) is 23.0. The van der Waals surface area contributed by atoms with Crippen LogP contribution >= 0.6 is 11.3 Å². The van der Waals surface area contributed by atoms with E-state index in [1.54, 1.807) is 18.2 Å². The summed E-state index contributed by atoms with van der Waals surface area (Å²) >= 11 is 1.33. The van der Waals surface area contributed by atoms with Crippen molar-refractivity contribution in [3.63, 3.8) is 0 Å². The van der Waals surface area contributed by atoms with Gasteiger partial charge in [-0.1, -0.05) is 0 Å². The summed E-state index contributed by atoms with van der Waals surface area (Å²) in [6.45, 7) is 3.69. The molecule has 0 radical (unpaired) electrons. The molecular formula is C24H23N5O4S. The van der Waals surface area contributed by atoms with Crippen molar-refractivity contribution >= 4 is 39.6 Å². The third-order valence-corrected chi connectivity index (χ3v) is 6.04. The van der Waals surface area contributed by atoms with Gasteiger partial charge in [0.15, 0.2) is 18.1 Å². The number of benzene rings is 1. The number of nitrogens with zero attached hydrogens (tertiary/aromatic N) is 3. The van der Waals surface area contributed by atoms with Gasteiger partial charge in [0.25, 0.3) is 11.8 Å². The molecule has 0 unspecified atom stereocenters. The average molecular weight is 478 g/mol. The lowest BCUT2D eigenvalue weighted by Crippen LogP contribution is -2.20. The minimum Gasteiger partial charge on any atom is -0.493 e.